The summed E-state index contributed by atoms with van der Waals surface area (Å²) in [6.45, 7) is 6.13. The average molecular weight is 421 g/mol. The molecule has 2 aromatic carbocycles. The molecule has 1 saturated heterocycles. The molecule has 1 amide bonds. The van der Waals surface area contributed by atoms with Crippen LogP contribution in [0.25, 0.3) is 6.08 Å². The minimum absolute atomic E-state index is 0.165. The van der Waals surface area contributed by atoms with Crippen LogP contribution in [0.1, 0.15) is 22.5 Å². The Morgan fingerprint density at radius 3 is 2.41 bits per heavy atom. The topological polar surface area (TPSA) is 54.6 Å². The van der Waals surface area contributed by atoms with E-state index in [1.807, 2.05) is 38.1 Å². The number of rotatable bonds is 4. The van der Waals surface area contributed by atoms with Crippen molar-refractivity contribution in [3.63, 3.8) is 0 Å². The fraction of sp³-hybridized carbons (Fsp3) is 0.130. The van der Waals surface area contributed by atoms with Gasteiger partial charge in [-0.3, -0.25) is 4.79 Å². The molecule has 4 rings (SSSR count). The summed E-state index contributed by atoms with van der Waals surface area (Å²) in [7, 11) is 0. The fourth-order valence-electron chi connectivity index (χ4n) is 2.93. The van der Waals surface area contributed by atoms with E-state index in [1.165, 1.54) is 17.3 Å². The lowest BCUT2D eigenvalue weighted by molar-refractivity contribution is -0.115. The van der Waals surface area contributed by atoms with Gasteiger partial charge in [-0.15, -0.1) is 0 Å². The maximum absolute atomic E-state index is 12.3. The molecule has 1 N–H and O–H groups in total. The van der Waals surface area contributed by atoms with Gasteiger partial charge in [-0.2, -0.15) is 0 Å². The Morgan fingerprint density at radius 1 is 0.966 bits per heavy atom. The Kier molecular flexibility index (Phi) is 5.65. The molecule has 3 aromatic rings. The minimum Gasteiger partial charge on any atom is -0.450 e. The number of aryl methyl sites for hydroxylation is 3. The molecule has 0 saturated carbocycles. The van der Waals surface area contributed by atoms with E-state index < -0.39 is 0 Å². The van der Waals surface area contributed by atoms with Crippen molar-refractivity contribution < 1.29 is 9.21 Å². The maximum atomic E-state index is 12.3. The SMILES string of the molecule is Cc1ccc(Sc2ccc(/C=C3\SC(=Nc4cc(C)cc(C)c4)NC3=O)o2)cc1. The number of carbonyl (C=O) groups excluding carboxylic acids is 1. The van der Waals surface area contributed by atoms with Gasteiger partial charge in [-0.1, -0.05) is 35.5 Å². The molecule has 1 aliphatic rings. The highest BCUT2D eigenvalue weighted by Crippen LogP contribution is 2.32. The lowest BCUT2D eigenvalue weighted by atomic mass is 10.1. The monoisotopic (exact) mass is 420 g/mol. The summed E-state index contributed by atoms with van der Waals surface area (Å²) in [5, 5.41) is 4.18. The third-order valence-corrected chi connectivity index (χ3v) is 6.04. The third-order valence-electron chi connectivity index (χ3n) is 4.20. The molecule has 6 heteroatoms. The van der Waals surface area contributed by atoms with E-state index in [0.29, 0.717) is 15.8 Å². The van der Waals surface area contributed by atoms with Gasteiger partial charge in [0.05, 0.1) is 10.6 Å². The van der Waals surface area contributed by atoms with E-state index in [0.717, 1.165) is 26.8 Å². The number of nitrogens with one attached hydrogen (secondary N) is 1. The summed E-state index contributed by atoms with van der Waals surface area (Å²) in [6.07, 6.45) is 1.75. The molecule has 146 valence electrons. The van der Waals surface area contributed by atoms with Crippen molar-refractivity contribution in [2.24, 2.45) is 4.99 Å². The molecular weight excluding hydrogens is 400 g/mol. The molecule has 1 aromatic heterocycles. The number of nitrogens with zero attached hydrogens (tertiary/aromatic N) is 1. The summed E-state index contributed by atoms with van der Waals surface area (Å²) in [6, 6.07) is 18.2. The van der Waals surface area contributed by atoms with Gasteiger partial charge >= 0.3 is 0 Å². The second-order valence-electron chi connectivity index (χ2n) is 6.90. The van der Waals surface area contributed by atoms with Gasteiger partial charge in [-0.05, 0) is 80.1 Å². The summed E-state index contributed by atoms with van der Waals surface area (Å²) in [5.74, 6) is 0.479. The number of benzene rings is 2. The number of hydrogen-bond acceptors (Lipinski definition) is 5. The van der Waals surface area contributed by atoms with Crippen molar-refractivity contribution in [2.45, 2.75) is 30.8 Å². The van der Waals surface area contributed by atoms with Gasteiger partial charge in [0.25, 0.3) is 5.91 Å². The predicted octanol–water partition coefficient (Wildman–Crippen LogP) is 6.25. The third kappa shape index (κ3) is 5.02. The molecule has 0 spiro atoms. The van der Waals surface area contributed by atoms with Crippen LogP contribution in [-0.4, -0.2) is 11.1 Å². The average Bonchev–Trinajstić information content (AvgIpc) is 3.23. The highest BCUT2D eigenvalue weighted by molar-refractivity contribution is 8.18. The van der Waals surface area contributed by atoms with E-state index >= 15 is 0 Å². The molecule has 29 heavy (non-hydrogen) atoms. The van der Waals surface area contributed by atoms with Gasteiger partial charge in [-0.25, -0.2) is 4.99 Å². The molecule has 0 radical (unpaired) electrons. The zero-order valence-corrected chi connectivity index (χ0v) is 18.0. The molecule has 1 aliphatic heterocycles. The predicted molar refractivity (Wildman–Crippen MR) is 121 cm³/mol. The van der Waals surface area contributed by atoms with E-state index in [1.54, 1.807) is 17.8 Å². The summed E-state index contributed by atoms with van der Waals surface area (Å²) >= 11 is 2.87. The second-order valence-corrected chi connectivity index (χ2v) is 9.01. The second kappa shape index (κ2) is 8.35. The van der Waals surface area contributed by atoms with Crippen LogP contribution in [-0.2, 0) is 4.79 Å². The largest absolute Gasteiger partial charge is 0.450 e. The van der Waals surface area contributed by atoms with E-state index in [9.17, 15) is 4.79 Å². The number of thioether (sulfide) groups is 1. The Labute approximate surface area is 178 Å². The van der Waals surface area contributed by atoms with Crippen molar-refractivity contribution in [3.8, 4) is 0 Å². The van der Waals surface area contributed by atoms with Crippen molar-refractivity contribution in [1.29, 1.82) is 0 Å². The van der Waals surface area contributed by atoms with Crippen LogP contribution in [0.3, 0.4) is 0 Å². The first kappa shape index (κ1) is 19.6. The Morgan fingerprint density at radius 2 is 1.69 bits per heavy atom. The van der Waals surface area contributed by atoms with Gasteiger partial charge in [0.2, 0.25) is 0 Å². The number of amidine groups is 1. The number of aliphatic imine (C=N–C) groups is 1. The van der Waals surface area contributed by atoms with E-state index in [4.69, 9.17) is 4.42 Å². The van der Waals surface area contributed by atoms with E-state index in [-0.39, 0.29) is 5.91 Å². The number of hydrogen-bond donors (Lipinski definition) is 1. The highest BCUT2D eigenvalue weighted by Gasteiger charge is 2.24. The molecule has 1 fully saturated rings. The van der Waals surface area contributed by atoms with Crippen molar-refractivity contribution in [2.75, 3.05) is 0 Å². The van der Waals surface area contributed by atoms with Crippen molar-refractivity contribution >= 4 is 46.4 Å². The van der Waals surface area contributed by atoms with Crippen LogP contribution < -0.4 is 5.32 Å². The lowest BCUT2D eigenvalue weighted by Crippen LogP contribution is -2.19. The van der Waals surface area contributed by atoms with Gasteiger partial charge in [0.1, 0.15) is 5.76 Å². The standard InChI is InChI=1S/C23H20N2O2S2/c1-14-4-7-19(8-5-14)28-21-9-6-18(27-21)13-20-22(26)25-23(29-20)24-17-11-15(2)10-16(3)12-17/h4-13H,1-3H3,(H,24,25,26)/b20-13-. The number of furan rings is 1. The number of amides is 1. The van der Waals surface area contributed by atoms with Gasteiger partial charge in [0.15, 0.2) is 10.3 Å². The Balaban J connectivity index is 1.48. The Hall–Kier alpha value is -2.70. The summed E-state index contributed by atoms with van der Waals surface area (Å²) in [5.41, 5.74) is 4.34. The van der Waals surface area contributed by atoms with Crippen molar-refractivity contribution in [3.05, 3.63) is 82.0 Å². The molecule has 0 atom stereocenters. The molecule has 0 unspecified atom stereocenters. The molecule has 4 nitrogen and oxygen atoms in total. The fourth-order valence-corrected chi connectivity index (χ4v) is 4.53. The zero-order valence-electron chi connectivity index (χ0n) is 16.4. The molecule has 0 bridgehead atoms. The van der Waals surface area contributed by atoms with Crippen LogP contribution in [0.2, 0.25) is 0 Å². The summed E-state index contributed by atoms with van der Waals surface area (Å²) < 4.78 is 5.87. The van der Waals surface area contributed by atoms with Crippen LogP contribution >= 0.6 is 23.5 Å². The quantitative estimate of drug-likeness (QED) is 0.507. The van der Waals surface area contributed by atoms with Crippen LogP contribution in [0, 0.1) is 20.8 Å². The molecule has 0 aliphatic carbocycles. The Bertz CT molecular complexity index is 1110. The molecule has 2 heterocycles. The van der Waals surface area contributed by atoms with Crippen molar-refractivity contribution in [1.82, 2.24) is 5.32 Å². The highest BCUT2D eigenvalue weighted by atomic mass is 32.2. The summed E-state index contributed by atoms with van der Waals surface area (Å²) in [4.78, 5) is 18.6. The number of carbonyl (C=O) groups is 1. The van der Waals surface area contributed by atoms with Crippen LogP contribution in [0.15, 0.2) is 78.9 Å². The minimum atomic E-state index is -0.165. The maximum Gasteiger partial charge on any atom is 0.264 e. The normalized spacial score (nSPS) is 16.6. The smallest absolute Gasteiger partial charge is 0.264 e. The van der Waals surface area contributed by atoms with Crippen LogP contribution in [0.4, 0.5) is 5.69 Å². The lowest BCUT2D eigenvalue weighted by Gasteiger charge is -2.00. The first-order valence-corrected chi connectivity index (χ1v) is 10.8. The zero-order chi connectivity index (χ0) is 20.4. The first-order valence-electron chi connectivity index (χ1n) is 9.17. The van der Waals surface area contributed by atoms with Gasteiger partial charge < -0.3 is 9.73 Å². The first-order chi connectivity index (χ1) is 13.9. The van der Waals surface area contributed by atoms with E-state index in [2.05, 4.69) is 47.6 Å². The molecular formula is C23H20N2O2S2. The van der Waals surface area contributed by atoms with Gasteiger partial charge in [0, 0.05) is 11.0 Å². The van der Waals surface area contributed by atoms with Crippen LogP contribution in [0.5, 0.6) is 0 Å².